The monoisotopic (exact) mass is 517 g/mol. The molecule has 10 heteroatoms. The van der Waals surface area contributed by atoms with Gasteiger partial charge in [-0.3, -0.25) is 14.6 Å². The molecule has 0 fully saturated rings. The van der Waals surface area contributed by atoms with Crippen LogP contribution in [0.2, 0.25) is 5.02 Å². The first-order valence-corrected chi connectivity index (χ1v) is 11.8. The summed E-state index contributed by atoms with van der Waals surface area (Å²) in [5.41, 5.74) is 0.342. The van der Waals surface area contributed by atoms with Gasteiger partial charge in [-0.25, -0.2) is 0 Å². The van der Waals surface area contributed by atoms with Gasteiger partial charge in [0.2, 0.25) is 0 Å². The molecule has 0 saturated carbocycles. The van der Waals surface area contributed by atoms with Crippen LogP contribution in [0.3, 0.4) is 0 Å². The highest BCUT2D eigenvalue weighted by Gasteiger charge is 2.32. The number of carbonyl (C=O) groups is 2. The lowest BCUT2D eigenvalue weighted by atomic mass is 10.1. The number of alkyl halides is 3. The van der Waals surface area contributed by atoms with Gasteiger partial charge in [0, 0.05) is 36.4 Å². The van der Waals surface area contributed by atoms with Crippen molar-refractivity contribution in [3.8, 4) is 0 Å². The third-order valence-corrected chi connectivity index (χ3v) is 6.64. The maximum atomic E-state index is 13.2. The molecule has 0 aliphatic heterocycles. The van der Waals surface area contributed by atoms with E-state index in [1.165, 1.54) is 35.7 Å². The Morgan fingerprint density at radius 2 is 1.77 bits per heavy atom. The molecule has 0 radical (unpaired) electrons. The predicted octanol–water partition coefficient (Wildman–Crippen LogP) is 5.87. The molecule has 0 aliphatic rings. The molecule has 35 heavy (non-hydrogen) atoms. The minimum atomic E-state index is -4.50. The maximum absolute atomic E-state index is 13.2. The van der Waals surface area contributed by atoms with Gasteiger partial charge >= 0.3 is 6.18 Å². The van der Waals surface area contributed by atoms with Crippen LogP contribution in [0.25, 0.3) is 10.1 Å². The number of thiophene rings is 1. The normalized spacial score (nSPS) is 11.4. The fourth-order valence-electron chi connectivity index (χ4n) is 3.54. The Morgan fingerprint density at radius 1 is 0.971 bits per heavy atom. The van der Waals surface area contributed by atoms with E-state index >= 15 is 0 Å². The fraction of sp³-hybridized carbons (Fsp3) is 0.160. The predicted molar refractivity (Wildman–Crippen MR) is 130 cm³/mol. The SMILES string of the molecule is O=C(NCc1ccccc1C(F)(F)F)c1cccc(CCNC(=O)c2cc3c(Cl)cncc3s2)c1. The van der Waals surface area contributed by atoms with Gasteiger partial charge in [-0.15, -0.1) is 11.3 Å². The van der Waals surface area contributed by atoms with Crippen LogP contribution < -0.4 is 10.6 Å². The molecule has 2 amide bonds. The number of nitrogens with one attached hydrogen (secondary N) is 2. The summed E-state index contributed by atoms with van der Waals surface area (Å²) in [5.74, 6) is -0.719. The van der Waals surface area contributed by atoms with Gasteiger partial charge in [-0.1, -0.05) is 41.9 Å². The fourth-order valence-corrected chi connectivity index (χ4v) is 4.78. The average Bonchev–Trinajstić information content (AvgIpc) is 3.28. The zero-order chi connectivity index (χ0) is 25.0. The minimum Gasteiger partial charge on any atom is -0.351 e. The van der Waals surface area contributed by atoms with Gasteiger partial charge in [0.15, 0.2) is 0 Å². The lowest BCUT2D eigenvalue weighted by Gasteiger charge is -2.13. The van der Waals surface area contributed by atoms with Gasteiger partial charge in [0.05, 0.1) is 20.2 Å². The van der Waals surface area contributed by atoms with Crippen molar-refractivity contribution in [3.63, 3.8) is 0 Å². The smallest absolute Gasteiger partial charge is 0.351 e. The second-order valence-corrected chi connectivity index (χ2v) is 9.18. The Morgan fingerprint density at radius 3 is 2.54 bits per heavy atom. The van der Waals surface area contributed by atoms with Crippen LogP contribution in [0.5, 0.6) is 0 Å². The summed E-state index contributed by atoms with van der Waals surface area (Å²) in [6.07, 6.45) is -0.848. The largest absolute Gasteiger partial charge is 0.416 e. The highest BCUT2D eigenvalue weighted by Crippen LogP contribution is 2.32. The van der Waals surface area contributed by atoms with Crippen LogP contribution in [0.15, 0.2) is 67.0 Å². The summed E-state index contributed by atoms with van der Waals surface area (Å²) >= 11 is 7.41. The van der Waals surface area contributed by atoms with Crippen molar-refractivity contribution in [1.82, 2.24) is 15.6 Å². The molecule has 2 aromatic carbocycles. The number of fused-ring (bicyclic) bond motifs is 1. The zero-order valence-corrected chi connectivity index (χ0v) is 19.7. The summed E-state index contributed by atoms with van der Waals surface area (Å²) in [4.78, 5) is 29.6. The van der Waals surface area contributed by atoms with Crippen LogP contribution in [-0.4, -0.2) is 23.3 Å². The van der Waals surface area contributed by atoms with Crippen molar-refractivity contribution in [2.45, 2.75) is 19.1 Å². The van der Waals surface area contributed by atoms with Gasteiger partial charge < -0.3 is 10.6 Å². The molecule has 180 valence electrons. The van der Waals surface area contributed by atoms with E-state index in [9.17, 15) is 22.8 Å². The molecule has 0 aliphatic carbocycles. The summed E-state index contributed by atoms with van der Waals surface area (Å²) in [6.45, 7) is 0.0899. The van der Waals surface area contributed by atoms with Crippen LogP contribution in [-0.2, 0) is 19.1 Å². The first-order chi connectivity index (χ1) is 16.7. The van der Waals surface area contributed by atoms with Crippen molar-refractivity contribution >= 4 is 44.8 Å². The number of rotatable bonds is 7. The van der Waals surface area contributed by atoms with E-state index in [-0.39, 0.29) is 18.0 Å². The van der Waals surface area contributed by atoms with Crippen molar-refractivity contribution in [2.75, 3.05) is 6.54 Å². The molecule has 2 heterocycles. The van der Waals surface area contributed by atoms with Crippen LogP contribution >= 0.6 is 22.9 Å². The standard InChI is InChI=1S/C25H19ClF3N3O2S/c26-20-13-30-14-22-18(20)11-21(35-22)24(34)31-9-8-15-4-3-6-16(10-15)23(33)32-12-17-5-1-2-7-19(17)25(27,28)29/h1-7,10-11,13-14H,8-9,12H2,(H,31,34)(H,32,33). The van der Waals surface area contributed by atoms with Gasteiger partial charge in [-0.05, 0) is 41.8 Å². The van der Waals surface area contributed by atoms with E-state index in [1.54, 1.807) is 30.5 Å². The average molecular weight is 518 g/mol. The van der Waals surface area contributed by atoms with Gasteiger partial charge in [0.1, 0.15) is 0 Å². The first-order valence-electron chi connectivity index (χ1n) is 10.6. The molecule has 2 aromatic heterocycles. The quantitative estimate of drug-likeness (QED) is 0.322. The lowest BCUT2D eigenvalue weighted by Crippen LogP contribution is -2.25. The van der Waals surface area contributed by atoms with Crippen molar-refractivity contribution in [1.29, 1.82) is 0 Å². The maximum Gasteiger partial charge on any atom is 0.416 e. The van der Waals surface area contributed by atoms with E-state index < -0.39 is 17.6 Å². The molecule has 0 atom stereocenters. The number of aromatic nitrogens is 1. The first kappa shape index (κ1) is 24.7. The molecule has 0 unspecified atom stereocenters. The Labute approximate surface area is 207 Å². The highest BCUT2D eigenvalue weighted by molar-refractivity contribution is 7.20. The van der Waals surface area contributed by atoms with E-state index in [0.717, 1.165) is 21.7 Å². The number of benzene rings is 2. The third kappa shape index (κ3) is 5.98. The van der Waals surface area contributed by atoms with E-state index in [1.807, 2.05) is 6.07 Å². The molecule has 0 bridgehead atoms. The van der Waals surface area contributed by atoms with Crippen LogP contribution in [0.1, 0.15) is 36.7 Å². The molecule has 4 aromatic rings. The van der Waals surface area contributed by atoms with Gasteiger partial charge in [-0.2, -0.15) is 13.2 Å². The van der Waals surface area contributed by atoms with Crippen LogP contribution in [0, 0.1) is 0 Å². The second kappa shape index (κ2) is 10.5. The summed E-state index contributed by atoms with van der Waals surface area (Å²) < 4.78 is 40.3. The zero-order valence-electron chi connectivity index (χ0n) is 18.2. The second-order valence-electron chi connectivity index (χ2n) is 7.69. The minimum absolute atomic E-state index is 0.00877. The molecule has 2 N–H and O–H groups in total. The third-order valence-electron chi connectivity index (χ3n) is 5.27. The highest BCUT2D eigenvalue weighted by atomic mass is 35.5. The summed E-state index contributed by atoms with van der Waals surface area (Å²) in [5, 5.41) is 6.64. The Bertz CT molecular complexity index is 1390. The molecule has 0 saturated heterocycles. The van der Waals surface area contributed by atoms with E-state index in [4.69, 9.17) is 11.6 Å². The number of nitrogens with zero attached hydrogens (tertiary/aromatic N) is 1. The Balaban J connectivity index is 1.34. The number of halogens is 4. The molecule has 4 rings (SSSR count). The number of amides is 2. The van der Waals surface area contributed by atoms with Crippen molar-refractivity contribution in [2.24, 2.45) is 0 Å². The number of hydrogen-bond donors (Lipinski definition) is 2. The summed E-state index contributed by atoms with van der Waals surface area (Å²) in [7, 11) is 0. The van der Waals surface area contributed by atoms with E-state index in [0.29, 0.717) is 28.4 Å². The number of hydrogen-bond acceptors (Lipinski definition) is 4. The van der Waals surface area contributed by atoms with Crippen molar-refractivity contribution in [3.05, 3.63) is 99.1 Å². The lowest BCUT2D eigenvalue weighted by molar-refractivity contribution is -0.138. The van der Waals surface area contributed by atoms with E-state index in [2.05, 4.69) is 15.6 Å². The Kier molecular flexibility index (Phi) is 7.37. The summed E-state index contributed by atoms with van der Waals surface area (Å²) in [6, 6.07) is 13.6. The Hall–Kier alpha value is -3.43. The van der Waals surface area contributed by atoms with Crippen molar-refractivity contribution < 1.29 is 22.8 Å². The molecule has 0 spiro atoms. The molecular weight excluding hydrogens is 499 g/mol. The number of pyridine rings is 1. The van der Waals surface area contributed by atoms with Gasteiger partial charge in [0.25, 0.3) is 11.8 Å². The van der Waals surface area contributed by atoms with Crippen LogP contribution in [0.4, 0.5) is 13.2 Å². The topological polar surface area (TPSA) is 71.1 Å². The number of carbonyl (C=O) groups excluding carboxylic acids is 2. The molecule has 5 nitrogen and oxygen atoms in total. The molecular formula is C25H19ClF3N3O2S.